The van der Waals surface area contributed by atoms with E-state index in [0.29, 0.717) is 40.1 Å². The summed E-state index contributed by atoms with van der Waals surface area (Å²) in [6, 6.07) is 8.64. The minimum absolute atomic E-state index is 0.0127. The number of benzene rings is 2. The molecule has 2 aromatic carbocycles. The Labute approximate surface area is 227 Å². The van der Waals surface area contributed by atoms with Crippen molar-refractivity contribution < 1.29 is 27.5 Å². The first-order valence-corrected chi connectivity index (χ1v) is 14.4. The summed E-state index contributed by atoms with van der Waals surface area (Å²) in [5.74, 6) is 0.172. The molecule has 0 saturated carbocycles. The maximum Gasteiger partial charge on any atom is 0.244 e. The first-order valence-electron chi connectivity index (χ1n) is 11.8. The Morgan fingerprint density at radius 1 is 1.08 bits per heavy atom. The lowest BCUT2D eigenvalue weighted by Crippen LogP contribution is -2.52. The van der Waals surface area contributed by atoms with E-state index in [9.17, 15) is 18.0 Å². The highest BCUT2D eigenvalue weighted by molar-refractivity contribution is 7.92. The van der Waals surface area contributed by atoms with Crippen LogP contribution in [0.2, 0.25) is 10.0 Å². The van der Waals surface area contributed by atoms with Gasteiger partial charge in [0.25, 0.3) is 0 Å². The lowest BCUT2D eigenvalue weighted by Gasteiger charge is -2.33. The molecular formula is C25H31Cl2N3O6S. The van der Waals surface area contributed by atoms with Gasteiger partial charge < -0.3 is 19.7 Å². The average molecular weight is 573 g/mol. The van der Waals surface area contributed by atoms with Crippen LogP contribution in [0, 0.1) is 5.92 Å². The van der Waals surface area contributed by atoms with Gasteiger partial charge in [0.05, 0.1) is 11.9 Å². The van der Waals surface area contributed by atoms with E-state index >= 15 is 0 Å². The van der Waals surface area contributed by atoms with Gasteiger partial charge in [0, 0.05) is 29.2 Å². The van der Waals surface area contributed by atoms with E-state index in [4.69, 9.17) is 32.7 Å². The maximum absolute atomic E-state index is 13.7. The van der Waals surface area contributed by atoms with E-state index < -0.39 is 28.5 Å². The monoisotopic (exact) mass is 571 g/mol. The normalized spacial score (nSPS) is 13.4. The van der Waals surface area contributed by atoms with Crippen molar-refractivity contribution in [2.75, 3.05) is 30.4 Å². The molecule has 1 N–H and O–H groups in total. The molecule has 0 saturated heterocycles. The Kier molecular flexibility index (Phi) is 9.55. The van der Waals surface area contributed by atoms with Crippen LogP contribution in [-0.2, 0) is 26.2 Å². The Balaban J connectivity index is 1.96. The fourth-order valence-electron chi connectivity index (χ4n) is 3.83. The summed E-state index contributed by atoms with van der Waals surface area (Å²) >= 11 is 12.4. The number of carbonyl (C=O) groups excluding carboxylic acids is 2. The van der Waals surface area contributed by atoms with Gasteiger partial charge in [0.15, 0.2) is 11.5 Å². The number of amides is 2. The topological polar surface area (TPSA) is 105 Å². The summed E-state index contributed by atoms with van der Waals surface area (Å²) in [4.78, 5) is 28.2. The number of fused-ring (bicyclic) bond motifs is 1. The smallest absolute Gasteiger partial charge is 0.244 e. The first kappa shape index (κ1) is 28.9. The van der Waals surface area contributed by atoms with Crippen molar-refractivity contribution in [3.05, 3.63) is 52.0 Å². The predicted molar refractivity (Wildman–Crippen MR) is 144 cm³/mol. The summed E-state index contributed by atoms with van der Waals surface area (Å²) < 4.78 is 37.2. The Hall–Kier alpha value is -2.69. The van der Waals surface area contributed by atoms with Crippen LogP contribution in [-0.4, -0.2) is 57.3 Å². The van der Waals surface area contributed by atoms with Crippen LogP contribution < -0.4 is 19.1 Å². The highest BCUT2D eigenvalue weighted by Crippen LogP contribution is 2.36. The molecule has 1 heterocycles. The molecule has 9 nitrogen and oxygen atoms in total. The SMILES string of the molecule is CC[C@H](C(=O)NCC(C)C)N(Cc1ccc(Cl)cc1Cl)C(=O)CN(c1ccc2c(c1)OCO2)S(C)(=O)=O. The number of hydrogen-bond acceptors (Lipinski definition) is 6. The molecule has 0 radical (unpaired) electrons. The highest BCUT2D eigenvalue weighted by atomic mass is 35.5. The summed E-state index contributed by atoms with van der Waals surface area (Å²) in [6.45, 7) is 5.63. The zero-order valence-electron chi connectivity index (χ0n) is 21.2. The number of ether oxygens (including phenoxy) is 2. The third kappa shape index (κ3) is 7.43. The van der Waals surface area contributed by atoms with E-state index in [1.807, 2.05) is 13.8 Å². The van der Waals surface area contributed by atoms with Crippen molar-refractivity contribution in [1.29, 1.82) is 0 Å². The molecule has 1 aliphatic rings. The van der Waals surface area contributed by atoms with Crippen molar-refractivity contribution in [3.8, 4) is 11.5 Å². The third-order valence-electron chi connectivity index (χ3n) is 5.75. The first-order chi connectivity index (χ1) is 17.4. The van der Waals surface area contributed by atoms with E-state index in [-0.39, 0.29) is 30.9 Å². The predicted octanol–water partition coefficient (Wildman–Crippen LogP) is 4.07. The number of rotatable bonds is 11. The molecule has 1 atom stereocenters. The minimum Gasteiger partial charge on any atom is -0.454 e. The number of sulfonamides is 1. The number of anilines is 1. The van der Waals surface area contributed by atoms with E-state index in [1.165, 1.54) is 17.0 Å². The molecular weight excluding hydrogens is 541 g/mol. The number of hydrogen-bond donors (Lipinski definition) is 1. The van der Waals surface area contributed by atoms with E-state index in [0.717, 1.165) is 10.6 Å². The van der Waals surface area contributed by atoms with E-state index in [2.05, 4.69) is 5.32 Å². The summed E-state index contributed by atoms with van der Waals surface area (Å²) in [7, 11) is -3.88. The number of halogens is 2. The largest absolute Gasteiger partial charge is 0.454 e. The standard InChI is InChI=1S/C25H31Cl2N3O6S/c1-5-21(25(32)28-12-16(2)3)29(13-17-6-7-18(26)10-20(17)27)24(31)14-30(37(4,33)34)19-8-9-22-23(11-19)36-15-35-22/h6-11,16,21H,5,12-15H2,1-4H3,(H,28,32)/t21-/m1/s1. The van der Waals surface area contributed by atoms with Crippen molar-refractivity contribution >= 4 is 50.7 Å². The lowest BCUT2D eigenvalue weighted by atomic mass is 10.1. The van der Waals surface area contributed by atoms with Gasteiger partial charge in [-0.3, -0.25) is 13.9 Å². The van der Waals surface area contributed by atoms with Crippen LogP contribution in [0.3, 0.4) is 0 Å². The molecule has 1 aliphatic heterocycles. The quantitative estimate of drug-likeness (QED) is 0.436. The molecule has 0 unspecified atom stereocenters. The van der Waals surface area contributed by atoms with Crippen LogP contribution in [0.25, 0.3) is 0 Å². The Morgan fingerprint density at radius 3 is 2.41 bits per heavy atom. The molecule has 0 fully saturated rings. The van der Waals surface area contributed by atoms with Crippen LogP contribution >= 0.6 is 23.2 Å². The average Bonchev–Trinajstić information content (AvgIpc) is 3.29. The van der Waals surface area contributed by atoms with Gasteiger partial charge in [-0.25, -0.2) is 8.42 Å². The van der Waals surface area contributed by atoms with Gasteiger partial charge in [0.2, 0.25) is 28.6 Å². The number of nitrogens with one attached hydrogen (secondary N) is 1. The minimum atomic E-state index is -3.88. The second-order valence-electron chi connectivity index (χ2n) is 9.13. The molecule has 3 rings (SSSR count). The van der Waals surface area contributed by atoms with Crippen LogP contribution in [0.4, 0.5) is 5.69 Å². The third-order valence-corrected chi connectivity index (χ3v) is 7.48. The van der Waals surface area contributed by atoms with Crippen LogP contribution in [0.15, 0.2) is 36.4 Å². The molecule has 37 heavy (non-hydrogen) atoms. The summed E-state index contributed by atoms with van der Waals surface area (Å²) in [5, 5.41) is 3.63. The zero-order chi connectivity index (χ0) is 27.3. The van der Waals surface area contributed by atoms with Gasteiger partial charge in [0.1, 0.15) is 12.6 Å². The van der Waals surface area contributed by atoms with Crippen molar-refractivity contribution in [2.45, 2.75) is 39.8 Å². The van der Waals surface area contributed by atoms with Gasteiger partial charge >= 0.3 is 0 Å². The lowest BCUT2D eigenvalue weighted by molar-refractivity contribution is -0.140. The Morgan fingerprint density at radius 2 is 1.78 bits per heavy atom. The van der Waals surface area contributed by atoms with Gasteiger partial charge in [-0.2, -0.15) is 0 Å². The fourth-order valence-corrected chi connectivity index (χ4v) is 5.14. The Bertz CT molecular complexity index is 1250. The number of nitrogens with zero attached hydrogens (tertiary/aromatic N) is 2. The molecule has 12 heteroatoms. The molecule has 0 aromatic heterocycles. The van der Waals surface area contributed by atoms with E-state index in [1.54, 1.807) is 31.2 Å². The molecule has 0 spiro atoms. The summed E-state index contributed by atoms with van der Waals surface area (Å²) in [6.07, 6.45) is 1.32. The fraction of sp³-hybridized carbons (Fsp3) is 0.440. The second kappa shape index (κ2) is 12.2. The van der Waals surface area contributed by atoms with Gasteiger partial charge in [-0.1, -0.05) is 50.0 Å². The molecule has 0 bridgehead atoms. The van der Waals surface area contributed by atoms with Crippen molar-refractivity contribution in [3.63, 3.8) is 0 Å². The summed E-state index contributed by atoms with van der Waals surface area (Å²) in [5.41, 5.74) is 0.811. The van der Waals surface area contributed by atoms with Crippen LogP contribution in [0.1, 0.15) is 32.8 Å². The molecule has 2 amide bonds. The van der Waals surface area contributed by atoms with Gasteiger partial charge in [-0.15, -0.1) is 0 Å². The van der Waals surface area contributed by atoms with Crippen LogP contribution in [0.5, 0.6) is 11.5 Å². The van der Waals surface area contributed by atoms with Crippen molar-refractivity contribution in [1.82, 2.24) is 10.2 Å². The molecule has 0 aliphatic carbocycles. The zero-order valence-corrected chi connectivity index (χ0v) is 23.5. The number of carbonyl (C=O) groups is 2. The molecule has 2 aromatic rings. The van der Waals surface area contributed by atoms with Crippen molar-refractivity contribution in [2.24, 2.45) is 5.92 Å². The molecule has 202 valence electrons. The maximum atomic E-state index is 13.7. The highest BCUT2D eigenvalue weighted by Gasteiger charge is 2.32. The second-order valence-corrected chi connectivity index (χ2v) is 11.9. The van der Waals surface area contributed by atoms with Gasteiger partial charge in [-0.05, 0) is 42.2 Å².